The van der Waals surface area contributed by atoms with Crippen LogP contribution in [0.4, 0.5) is 0 Å². The Balaban J connectivity index is 1.56. The Morgan fingerprint density at radius 1 is 1.15 bits per heavy atom. The van der Waals surface area contributed by atoms with Gasteiger partial charge in [0.1, 0.15) is 17.4 Å². The van der Waals surface area contributed by atoms with Crippen LogP contribution in [0.2, 0.25) is 0 Å². The third-order valence-electron chi connectivity index (χ3n) is 5.74. The first kappa shape index (κ1) is 18.1. The molecule has 1 unspecified atom stereocenters. The fraction of sp³-hybridized carbons (Fsp3) is 0.333. The summed E-state index contributed by atoms with van der Waals surface area (Å²) < 4.78 is 5.67. The highest BCUT2D eigenvalue weighted by molar-refractivity contribution is 8.00. The second kappa shape index (κ2) is 6.69. The van der Waals surface area contributed by atoms with Crippen LogP contribution < -0.4 is 0 Å². The Morgan fingerprint density at radius 3 is 2.26 bits per heavy atom. The third kappa shape index (κ3) is 2.75. The van der Waals surface area contributed by atoms with E-state index in [9.17, 15) is 14.7 Å². The van der Waals surface area contributed by atoms with Gasteiger partial charge in [0.05, 0.1) is 0 Å². The number of carbonyl (C=O) groups excluding carboxylic acids is 1. The van der Waals surface area contributed by atoms with Gasteiger partial charge in [-0.1, -0.05) is 48.5 Å². The van der Waals surface area contributed by atoms with Gasteiger partial charge in [0.25, 0.3) is 0 Å². The van der Waals surface area contributed by atoms with Crippen molar-refractivity contribution in [2.45, 2.75) is 23.6 Å². The van der Waals surface area contributed by atoms with Gasteiger partial charge < -0.3 is 9.84 Å². The van der Waals surface area contributed by atoms with Crippen molar-refractivity contribution >= 4 is 23.7 Å². The number of fused-ring (bicyclic) bond motifs is 3. The molecule has 0 bridgehead atoms. The lowest BCUT2D eigenvalue weighted by Crippen LogP contribution is -2.55. The second-order valence-electron chi connectivity index (χ2n) is 7.18. The number of hydrogen-bond donors (Lipinski definition) is 1. The zero-order valence-electron chi connectivity index (χ0n) is 15.2. The standard InChI is InChI=1S/C21H21NO4S/c1-21(20(24)25)18(27-12-22(21)2)19(23)26-11-17-15-9-5-3-7-13(15)14-8-4-6-10-16(14)17/h3-10,17-18H,11-12H2,1-2H3,(H,24,25)/t18?,21-/m0/s1. The summed E-state index contributed by atoms with van der Waals surface area (Å²) in [6, 6.07) is 16.3. The van der Waals surface area contributed by atoms with Crippen molar-refractivity contribution in [2.24, 2.45) is 0 Å². The number of ether oxygens (including phenoxy) is 1. The number of carboxylic acid groups (broad SMARTS) is 1. The van der Waals surface area contributed by atoms with E-state index in [0.717, 1.165) is 11.1 Å². The molecule has 2 atom stereocenters. The second-order valence-corrected chi connectivity index (χ2v) is 8.25. The number of hydrogen-bond acceptors (Lipinski definition) is 5. The number of nitrogens with zero attached hydrogens (tertiary/aromatic N) is 1. The van der Waals surface area contributed by atoms with E-state index < -0.39 is 22.7 Å². The fourth-order valence-corrected chi connectivity index (χ4v) is 5.39. The van der Waals surface area contributed by atoms with Crippen LogP contribution in [0.1, 0.15) is 24.0 Å². The van der Waals surface area contributed by atoms with Crippen LogP contribution in [-0.4, -0.2) is 52.3 Å². The van der Waals surface area contributed by atoms with Crippen molar-refractivity contribution in [1.82, 2.24) is 4.90 Å². The number of benzene rings is 2. The lowest BCUT2D eigenvalue weighted by atomic mass is 9.95. The minimum absolute atomic E-state index is 0.0263. The van der Waals surface area contributed by atoms with Crippen LogP contribution in [0.25, 0.3) is 11.1 Å². The summed E-state index contributed by atoms with van der Waals surface area (Å²) in [4.78, 5) is 26.2. The molecule has 5 nitrogen and oxygen atoms in total. The molecule has 1 heterocycles. The summed E-state index contributed by atoms with van der Waals surface area (Å²) in [5, 5.41) is 8.90. The van der Waals surface area contributed by atoms with E-state index in [-0.39, 0.29) is 12.5 Å². The lowest BCUT2D eigenvalue weighted by molar-refractivity contribution is -0.156. The van der Waals surface area contributed by atoms with Crippen LogP contribution >= 0.6 is 11.8 Å². The van der Waals surface area contributed by atoms with Gasteiger partial charge in [-0.05, 0) is 36.2 Å². The predicted octanol–water partition coefficient (Wildman–Crippen LogP) is 3.19. The molecule has 2 aromatic carbocycles. The highest BCUT2D eigenvalue weighted by Gasteiger charge is 2.54. The Bertz CT molecular complexity index is 869. The van der Waals surface area contributed by atoms with Crippen LogP contribution in [-0.2, 0) is 14.3 Å². The molecule has 0 spiro atoms. The van der Waals surface area contributed by atoms with Gasteiger partial charge in [-0.2, -0.15) is 0 Å². The Hall–Kier alpha value is -2.31. The zero-order chi connectivity index (χ0) is 19.2. The number of aliphatic carboxylic acids is 1. The van der Waals surface area contributed by atoms with Gasteiger partial charge in [-0.3, -0.25) is 14.5 Å². The Labute approximate surface area is 162 Å². The molecule has 2 aromatic rings. The quantitative estimate of drug-likeness (QED) is 0.818. The largest absolute Gasteiger partial charge is 0.480 e. The van der Waals surface area contributed by atoms with E-state index in [4.69, 9.17) is 4.74 Å². The van der Waals surface area contributed by atoms with E-state index in [1.807, 2.05) is 24.3 Å². The lowest BCUT2D eigenvalue weighted by Gasteiger charge is -2.30. The third-order valence-corrected chi connectivity index (χ3v) is 7.26. The molecule has 27 heavy (non-hydrogen) atoms. The van der Waals surface area contributed by atoms with E-state index in [2.05, 4.69) is 24.3 Å². The molecule has 4 rings (SSSR count). The maximum absolute atomic E-state index is 12.8. The SMILES string of the molecule is CN1CSC(C(=O)OCC2c3ccccc3-c3ccccc32)[C@@]1(C)C(=O)O. The molecule has 1 fully saturated rings. The summed E-state index contributed by atoms with van der Waals surface area (Å²) in [7, 11) is 1.72. The Kier molecular flexibility index (Phi) is 4.48. The van der Waals surface area contributed by atoms with Crippen LogP contribution in [0, 0.1) is 0 Å². The van der Waals surface area contributed by atoms with Crippen LogP contribution in [0.3, 0.4) is 0 Å². The predicted molar refractivity (Wildman–Crippen MR) is 105 cm³/mol. The molecular formula is C21H21NO4S. The minimum Gasteiger partial charge on any atom is -0.480 e. The average molecular weight is 383 g/mol. The van der Waals surface area contributed by atoms with Gasteiger partial charge >= 0.3 is 11.9 Å². The summed E-state index contributed by atoms with van der Waals surface area (Å²) in [6.07, 6.45) is 0. The van der Waals surface area contributed by atoms with Crippen molar-refractivity contribution in [3.05, 3.63) is 59.7 Å². The van der Waals surface area contributed by atoms with Crippen molar-refractivity contribution in [1.29, 1.82) is 0 Å². The molecule has 0 amide bonds. The number of rotatable bonds is 4. The van der Waals surface area contributed by atoms with Gasteiger partial charge in [0, 0.05) is 11.8 Å². The van der Waals surface area contributed by atoms with Crippen molar-refractivity contribution in [2.75, 3.05) is 19.5 Å². The number of thioether (sulfide) groups is 1. The van der Waals surface area contributed by atoms with E-state index >= 15 is 0 Å². The number of carboxylic acids is 1. The molecule has 140 valence electrons. The summed E-state index contributed by atoms with van der Waals surface area (Å²) in [6.45, 7) is 1.80. The normalized spacial score (nSPS) is 24.4. The highest BCUT2D eigenvalue weighted by atomic mass is 32.2. The zero-order valence-corrected chi connectivity index (χ0v) is 16.0. The molecule has 6 heteroatoms. The van der Waals surface area contributed by atoms with Crippen LogP contribution in [0.5, 0.6) is 0 Å². The molecule has 1 saturated heterocycles. The average Bonchev–Trinajstić information content (AvgIpc) is 3.16. The van der Waals surface area contributed by atoms with Crippen LogP contribution in [0.15, 0.2) is 48.5 Å². The van der Waals surface area contributed by atoms with E-state index in [1.165, 1.54) is 22.9 Å². The first-order chi connectivity index (χ1) is 12.9. The van der Waals surface area contributed by atoms with Gasteiger partial charge in [0.15, 0.2) is 0 Å². The molecular weight excluding hydrogens is 362 g/mol. The van der Waals surface area contributed by atoms with Crippen molar-refractivity contribution in [3.63, 3.8) is 0 Å². The van der Waals surface area contributed by atoms with Crippen molar-refractivity contribution in [3.8, 4) is 11.1 Å². The first-order valence-electron chi connectivity index (χ1n) is 8.85. The summed E-state index contributed by atoms with van der Waals surface area (Å²) in [5.74, 6) is -1.01. The summed E-state index contributed by atoms with van der Waals surface area (Å²) in [5.41, 5.74) is 3.36. The van der Waals surface area contributed by atoms with E-state index in [1.54, 1.807) is 18.9 Å². The molecule has 2 aliphatic rings. The molecule has 0 aromatic heterocycles. The number of esters is 1. The smallest absolute Gasteiger partial charge is 0.325 e. The van der Waals surface area contributed by atoms with Gasteiger partial charge in [-0.15, -0.1) is 11.8 Å². The first-order valence-corrected chi connectivity index (χ1v) is 9.90. The maximum Gasteiger partial charge on any atom is 0.325 e. The van der Waals surface area contributed by atoms with Gasteiger partial charge in [-0.25, -0.2) is 0 Å². The minimum atomic E-state index is -1.26. The molecule has 1 aliphatic carbocycles. The Morgan fingerprint density at radius 2 is 1.70 bits per heavy atom. The maximum atomic E-state index is 12.8. The number of carbonyl (C=O) groups is 2. The monoisotopic (exact) mass is 383 g/mol. The van der Waals surface area contributed by atoms with E-state index in [0.29, 0.717) is 5.88 Å². The summed E-state index contributed by atoms with van der Waals surface area (Å²) >= 11 is 1.32. The number of likely N-dealkylation sites (N-methyl/N-ethyl adjacent to an activating group) is 1. The fourth-order valence-electron chi connectivity index (χ4n) is 3.94. The molecule has 0 radical (unpaired) electrons. The topological polar surface area (TPSA) is 66.8 Å². The highest BCUT2D eigenvalue weighted by Crippen LogP contribution is 2.45. The molecule has 0 saturated carbocycles. The molecule has 1 aliphatic heterocycles. The van der Waals surface area contributed by atoms with Crippen molar-refractivity contribution < 1.29 is 19.4 Å². The van der Waals surface area contributed by atoms with Gasteiger partial charge in [0.2, 0.25) is 0 Å². The molecule has 1 N–H and O–H groups in total.